The standard InChI is InChI=1S/C24H27ClN2O4/c1-5-31-24(30)15(3)16-6-8-17(9-7-16)20(13-28)26-23(29)22-12-18-19(25)10-14(2)11-21(18)27(22)4/h6-12,15,20,28H,5,13H2,1-4H3,(H,26,29)/t15?,20-/m1/s1. The Labute approximate surface area is 186 Å². The van der Waals surface area contributed by atoms with Gasteiger partial charge in [0.05, 0.1) is 35.7 Å². The lowest BCUT2D eigenvalue weighted by Crippen LogP contribution is -2.32. The zero-order valence-corrected chi connectivity index (χ0v) is 18.9. The van der Waals surface area contributed by atoms with E-state index >= 15 is 0 Å². The first kappa shape index (κ1) is 22.8. The molecule has 0 saturated carbocycles. The number of aliphatic hydroxyl groups is 1. The average Bonchev–Trinajstić information content (AvgIpc) is 3.08. The number of carbonyl (C=O) groups excluding carboxylic acids is 2. The van der Waals surface area contributed by atoms with E-state index in [4.69, 9.17) is 16.3 Å². The van der Waals surface area contributed by atoms with Crippen molar-refractivity contribution < 1.29 is 19.4 Å². The number of aliphatic hydroxyl groups excluding tert-OH is 1. The molecule has 1 amide bonds. The summed E-state index contributed by atoms with van der Waals surface area (Å²) < 4.78 is 6.86. The SMILES string of the molecule is CCOC(=O)C(C)c1ccc([C@@H](CO)NC(=O)c2cc3c(Cl)cc(C)cc3n2C)cc1. The third-order valence-corrected chi connectivity index (χ3v) is 5.77. The van der Waals surface area contributed by atoms with Gasteiger partial charge in [0, 0.05) is 12.4 Å². The van der Waals surface area contributed by atoms with Crippen LogP contribution >= 0.6 is 11.6 Å². The number of nitrogens with zero attached hydrogens (tertiary/aromatic N) is 1. The summed E-state index contributed by atoms with van der Waals surface area (Å²) in [7, 11) is 1.81. The summed E-state index contributed by atoms with van der Waals surface area (Å²) in [6.07, 6.45) is 0. The number of amides is 1. The summed E-state index contributed by atoms with van der Waals surface area (Å²) in [6, 6.07) is 12.2. The maximum absolute atomic E-state index is 13.0. The van der Waals surface area contributed by atoms with Crippen molar-refractivity contribution in [3.63, 3.8) is 0 Å². The van der Waals surface area contributed by atoms with Crippen molar-refractivity contribution in [2.75, 3.05) is 13.2 Å². The molecule has 1 aromatic heterocycles. The van der Waals surface area contributed by atoms with Gasteiger partial charge >= 0.3 is 5.97 Å². The summed E-state index contributed by atoms with van der Waals surface area (Å²) in [5.74, 6) is -0.984. The second-order valence-corrected chi connectivity index (χ2v) is 8.02. The van der Waals surface area contributed by atoms with Crippen molar-refractivity contribution in [2.24, 2.45) is 7.05 Å². The zero-order chi connectivity index (χ0) is 22.7. The van der Waals surface area contributed by atoms with Crippen LogP contribution < -0.4 is 5.32 Å². The molecule has 1 unspecified atom stereocenters. The highest BCUT2D eigenvalue weighted by molar-refractivity contribution is 6.35. The number of hydrogen-bond acceptors (Lipinski definition) is 4. The number of halogens is 1. The molecule has 0 aliphatic carbocycles. The van der Waals surface area contributed by atoms with Crippen molar-refractivity contribution in [1.29, 1.82) is 0 Å². The number of nitrogens with one attached hydrogen (secondary N) is 1. The molecule has 0 bridgehead atoms. The highest BCUT2D eigenvalue weighted by Gasteiger charge is 2.21. The normalized spacial score (nSPS) is 13.1. The number of ether oxygens (including phenoxy) is 1. The molecular weight excluding hydrogens is 416 g/mol. The lowest BCUT2D eigenvalue weighted by molar-refractivity contribution is -0.144. The van der Waals surface area contributed by atoms with Crippen LogP contribution in [0.1, 0.15) is 53.0 Å². The van der Waals surface area contributed by atoms with Gasteiger partial charge < -0.3 is 19.7 Å². The molecule has 164 valence electrons. The largest absolute Gasteiger partial charge is 0.466 e. The minimum atomic E-state index is -0.588. The van der Waals surface area contributed by atoms with E-state index < -0.39 is 6.04 Å². The Hall–Kier alpha value is -2.83. The van der Waals surface area contributed by atoms with Gasteiger partial charge in [-0.25, -0.2) is 0 Å². The van der Waals surface area contributed by atoms with E-state index in [0.29, 0.717) is 17.3 Å². The number of aromatic nitrogens is 1. The van der Waals surface area contributed by atoms with Crippen LogP contribution in [0, 0.1) is 6.92 Å². The molecule has 2 aromatic carbocycles. The van der Waals surface area contributed by atoms with Crippen molar-refractivity contribution in [3.8, 4) is 0 Å². The molecular formula is C24H27ClN2O4. The van der Waals surface area contributed by atoms with E-state index in [1.165, 1.54) is 0 Å². The van der Waals surface area contributed by atoms with Gasteiger partial charge in [-0.3, -0.25) is 9.59 Å². The fourth-order valence-corrected chi connectivity index (χ4v) is 3.95. The third-order valence-electron chi connectivity index (χ3n) is 5.46. The molecule has 1 heterocycles. The van der Waals surface area contributed by atoms with Crippen molar-refractivity contribution in [2.45, 2.75) is 32.7 Å². The van der Waals surface area contributed by atoms with E-state index in [1.807, 2.05) is 38.2 Å². The summed E-state index contributed by atoms with van der Waals surface area (Å²) in [6.45, 7) is 5.58. The van der Waals surface area contributed by atoms with Gasteiger partial charge in [0.25, 0.3) is 5.91 Å². The van der Waals surface area contributed by atoms with Crippen molar-refractivity contribution >= 4 is 34.4 Å². The molecule has 0 aliphatic heterocycles. The topological polar surface area (TPSA) is 80.6 Å². The van der Waals surface area contributed by atoms with Gasteiger partial charge in [0.15, 0.2) is 0 Å². The van der Waals surface area contributed by atoms with Crippen molar-refractivity contribution in [3.05, 3.63) is 69.9 Å². The predicted molar refractivity (Wildman–Crippen MR) is 121 cm³/mol. The Balaban J connectivity index is 1.80. The maximum Gasteiger partial charge on any atom is 0.313 e. The lowest BCUT2D eigenvalue weighted by Gasteiger charge is -2.18. The van der Waals surface area contributed by atoms with Crippen LogP contribution in [0.2, 0.25) is 5.02 Å². The minimum absolute atomic E-state index is 0.262. The molecule has 31 heavy (non-hydrogen) atoms. The van der Waals surface area contributed by atoms with Gasteiger partial charge in [-0.2, -0.15) is 0 Å². The average molecular weight is 443 g/mol. The van der Waals surface area contributed by atoms with E-state index in [9.17, 15) is 14.7 Å². The molecule has 3 rings (SSSR count). The summed E-state index contributed by atoms with van der Waals surface area (Å²) in [5, 5.41) is 14.2. The van der Waals surface area contributed by atoms with Gasteiger partial charge in [-0.05, 0) is 55.7 Å². The highest BCUT2D eigenvalue weighted by atomic mass is 35.5. The second-order valence-electron chi connectivity index (χ2n) is 7.62. The van der Waals surface area contributed by atoms with Crippen LogP contribution in [-0.4, -0.2) is 34.8 Å². The van der Waals surface area contributed by atoms with Gasteiger partial charge in [-0.15, -0.1) is 0 Å². The summed E-state index contributed by atoms with van der Waals surface area (Å²) in [5.41, 5.74) is 3.88. The molecule has 2 atom stereocenters. The van der Waals surface area contributed by atoms with Gasteiger partial charge in [0.2, 0.25) is 0 Å². The Bertz CT molecular complexity index is 1100. The van der Waals surface area contributed by atoms with Gasteiger partial charge in [0.1, 0.15) is 5.69 Å². The first-order valence-electron chi connectivity index (χ1n) is 10.2. The van der Waals surface area contributed by atoms with Crippen LogP contribution in [0.4, 0.5) is 0 Å². The maximum atomic E-state index is 13.0. The molecule has 6 nitrogen and oxygen atoms in total. The number of benzene rings is 2. The quantitative estimate of drug-likeness (QED) is 0.535. The first-order valence-corrected chi connectivity index (χ1v) is 10.6. The Morgan fingerprint density at radius 1 is 1.16 bits per heavy atom. The molecule has 0 saturated heterocycles. The van der Waals surface area contributed by atoms with Crippen LogP contribution in [0.15, 0.2) is 42.5 Å². The number of rotatable bonds is 7. The molecule has 0 radical (unpaired) electrons. The van der Waals surface area contributed by atoms with Crippen LogP contribution in [0.5, 0.6) is 0 Å². The number of hydrogen-bond donors (Lipinski definition) is 2. The monoisotopic (exact) mass is 442 g/mol. The van der Waals surface area contributed by atoms with Crippen LogP contribution in [0.25, 0.3) is 10.9 Å². The lowest BCUT2D eigenvalue weighted by atomic mass is 9.98. The molecule has 0 aliphatic rings. The van der Waals surface area contributed by atoms with E-state index in [-0.39, 0.29) is 24.4 Å². The molecule has 0 fully saturated rings. The van der Waals surface area contributed by atoms with Crippen LogP contribution in [-0.2, 0) is 16.6 Å². The Morgan fingerprint density at radius 2 is 1.81 bits per heavy atom. The fraction of sp³-hybridized carbons (Fsp3) is 0.333. The highest BCUT2D eigenvalue weighted by Crippen LogP contribution is 2.28. The zero-order valence-electron chi connectivity index (χ0n) is 18.1. The van der Waals surface area contributed by atoms with E-state index in [0.717, 1.165) is 27.6 Å². The Kier molecular flexibility index (Phi) is 7.03. The molecule has 0 spiro atoms. The number of esters is 1. The Morgan fingerprint density at radius 3 is 2.42 bits per heavy atom. The predicted octanol–water partition coefficient (Wildman–Crippen LogP) is 4.27. The molecule has 2 N–H and O–H groups in total. The van der Waals surface area contributed by atoms with Crippen LogP contribution in [0.3, 0.4) is 0 Å². The third kappa shape index (κ3) is 4.75. The first-order chi connectivity index (χ1) is 14.8. The number of fused-ring (bicyclic) bond motifs is 1. The second kappa shape index (κ2) is 9.54. The molecule has 7 heteroatoms. The summed E-state index contributed by atoms with van der Waals surface area (Å²) in [4.78, 5) is 24.9. The van der Waals surface area contributed by atoms with E-state index in [2.05, 4.69) is 5.32 Å². The molecule has 3 aromatic rings. The minimum Gasteiger partial charge on any atom is -0.466 e. The van der Waals surface area contributed by atoms with Crippen molar-refractivity contribution in [1.82, 2.24) is 9.88 Å². The van der Waals surface area contributed by atoms with E-state index in [1.54, 1.807) is 36.6 Å². The van der Waals surface area contributed by atoms with Gasteiger partial charge in [-0.1, -0.05) is 35.9 Å². The summed E-state index contributed by atoms with van der Waals surface area (Å²) >= 11 is 6.35. The number of aryl methyl sites for hydroxylation is 2. The fourth-order valence-electron chi connectivity index (χ4n) is 3.62. The number of carbonyl (C=O) groups is 2. The smallest absolute Gasteiger partial charge is 0.313 e.